The fraction of sp³-hybridized carbons (Fsp3) is 0.200. The largest absolute Gasteiger partial charge is 0.417 e. The van der Waals surface area contributed by atoms with Crippen LogP contribution in [-0.2, 0) is 6.18 Å². The molecule has 0 aliphatic heterocycles. The van der Waals surface area contributed by atoms with Crippen LogP contribution < -0.4 is 0 Å². The van der Waals surface area contributed by atoms with Crippen LogP contribution in [0.15, 0.2) is 24.3 Å². The summed E-state index contributed by atoms with van der Waals surface area (Å²) in [5, 5.41) is 8.14. The van der Waals surface area contributed by atoms with Crippen LogP contribution in [-0.4, -0.2) is 11.7 Å². The summed E-state index contributed by atoms with van der Waals surface area (Å²) in [5.74, 6) is 0. The van der Waals surface area contributed by atoms with Crippen molar-refractivity contribution < 1.29 is 18.3 Å². The molecule has 0 bridgehead atoms. The number of hydrogen-bond donors (Lipinski definition) is 1. The summed E-state index contributed by atoms with van der Waals surface area (Å²) in [7, 11) is 0. The third-order valence-electron chi connectivity index (χ3n) is 1.74. The molecule has 1 aromatic carbocycles. The molecule has 0 saturated heterocycles. The first-order valence-electron chi connectivity index (χ1n) is 4.10. The molecule has 0 aliphatic carbocycles. The number of benzene rings is 1. The van der Waals surface area contributed by atoms with Gasteiger partial charge < -0.3 is 5.11 Å². The zero-order valence-corrected chi connectivity index (χ0v) is 8.31. The number of alkyl halides is 3. The summed E-state index contributed by atoms with van der Waals surface area (Å²) in [5.41, 5.74) is -0.634. The molecule has 1 N–H and O–H groups in total. The van der Waals surface area contributed by atoms with E-state index >= 15 is 0 Å². The van der Waals surface area contributed by atoms with E-state index in [0.717, 1.165) is 6.07 Å². The maximum Gasteiger partial charge on any atom is 0.417 e. The zero-order valence-electron chi connectivity index (χ0n) is 7.55. The van der Waals surface area contributed by atoms with Gasteiger partial charge in [-0.3, -0.25) is 0 Å². The van der Waals surface area contributed by atoms with Crippen LogP contribution in [0, 0.1) is 0 Å². The molecular formula is C10H8ClF3O. The van der Waals surface area contributed by atoms with Crippen LogP contribution in [0.5, 0.6) is 0 Å². The molecule has 0 saturated carbocycles. The molecule has 0 unspecified atom stereocenters. The van der Waals surface area contributed by atoms with Crippen molar-refractivity contribution in [3.8, 4) is 0 Å². The number of aliphatic hydroxyl groups excluding tert-OH is 1. The molecule has 0 fully saturated rings. The van der Waals surface area contributed by atoms with E-state index < -0.39 is 11.7 Å². The van der Waals surface area contributed by atoms with Crippen molar-refractivity contribution in [1.82, 2.24) is 0 Å². The molecule has 0 spiro atoms. The van der Waals surface area contributed by atoms with E-state index in [1.165, 1.54) is 24.3 Å². The van der Waals surface area contributed by atoms with Crippen molar-refractivity contribution in [2.24, 2.45) is 0 Å². The molecule has 0 radical (unpaired) electrons. The van der Waals surface area contributed by atoms with E-state index in [2.05, 4.69) is 0 Å². The molecule has 82 valence electrons. The lowest BCUT2D eigenvalue weighted by Crippen LogP contribution is -2.06. The van der Waals surface area contributed by atoms with E-state index in [0.29, 0.717) is 0 Å². The van der Waals surface area contributed by atoms with Crippen molar-refractivity contribution in [2.45, 2.75) is 6.18 Å². The Balaban J connectivity index is 3.17. The summed E-state index contributed by atoms with van der Waals surface area (Å²) in [6, 6.07) is 3.63. The molecule has 0 atom stereocenters. The minimum atomic E-state index is -4.46. The molecule has 0 amide bonds. The summed E-state index contributed by atoms with van der Waals surface area (Å²) >= 11 is 5.58. The number of aliphatic hydroxyl groups is 1. The molecule has 1 nitrogen and oxygen atoms in total. The van der Waals surface area contributed by atoms with Crippen molar-refractivity contribution >= 4 is 17.7 Å². The smallest absolute Gasteiger partial charge is 0.392 e. The highest BCUT2D eigenvalue weighted by Gasteiger charge is 2.33. The third-order valence-corrected chi connectivity index (χ3v) is 2.16. The average molecular weight is 237 g/mol. The summed E-state index contributed by atoms with van der Waals surface area (Å²) in [6.07, 6.45) is -1.79. The zero-order chi connectivity index (χ0) is 11.5. The minimum absolute atomic E-state index is 0.237. The molecule has 5 heteroatoms. The Morgan fingerprint density at radius 3 is 2.53 bits per heavy atom. The van der Waals surface area contributed by atoms with E-state index in [4.69, 9.17) is 16.7 Å². The Kier molecular flexibility index (Phi) is 3.77. The summed E-state index contributed by atoms with van der Waals surface area (Å²) < 4.78 is 37.2. The molecule has 15 heavy (non-hydrogen) atoms. The van der Waals surface area contributed by atoms with Gasteiger partial charge in [-0.2, -0.15) is 13.2 Å². The first-order chi connectivity index (χ1) is 6.96. The average Bonchev–Trinajstić information content (AvgIpc) is 2.14. The first-order valence-corrected chi connectivity index (χ1v) is 4.47. The molecule has 0 aliphatic rings. The third kappa shape index (κ3) is 2.97. The predicted octanol–water partition coefficient (Wildman–Crippen LogP) is 3.36. The normalized spacial score (nSPS) is 12.3. The minimum Gasteiger partial charge on any atom is -0.392 e. The number of hydrogen-bond acceptors (Lipinski definition) is 1. The molecule has 0 aromatic heterocycles. The van der Waals surface area contributed by atoms with Gasteiger partial charge in [0, 0.05) is 0 Å². The predicted molar refractivity (Wildman–Crippen MR) is 52.6 cm³/mol. The molecule has 0 heterocycles. The van der Waals surface area contributed by atoms with Crippen LogP contribution in [0.25, 0.3) is 6.08 Å². The summed E-state index contributed by atoms with van der Waals surface area (Å²) in [6.45, 7) is -0.243. The van der Waals surface area contributed by atoms with Crippen molar-refractivity contribution in [2.75, 3.05) is 6.61 Å². The monoisotopic (exact) mass is 236 g/mol. The van der Waals surface area contributed by atoms with Gasteiger partial charge in [0.05, 0.1) is 17.2 Å². The SMILES string of the molecule is OCC=Cc1cccc(C(F)(F)F)c1Cl. The van der Waals surface area contributed by atoms with Crippen LogP contribution in [0.3, 0.4) is 0 Å². The van der Waals surface area contributed by atoms with Crippen LogP contribution in [0.2, 0.25) is 5.02 Å². The van der Waals surface area contributed by atoms with Crippen molar-refractivity contribution in [3.05, 3.63) is 40.4 Å². The molecule has 1 aromatic rings. The van der Waals surface area contributed by atoms with Gasteiger partial charge in [-0.05, 0) is 11.6 Å². The molecule has 1 rings (SSSR count). The molecular weight excluding hydrogens is 229 g/mol. The topological polar surface area (TPSA) is 20.2 Å². The van der Waals surface area contributed by atoms with E-state index in [1.807, 2.05) is 0 Å². The Hall–Kier alpha value is -1.00. The van der Waals surface area contributed by atoms with Gasteiger partial charge in [0.15, 0.2) is 0 Å². The second kappa shape index (κ2) is 4.68. The second-order valence-corrected chi connectivity index (χ2v) is 3.17. The van der Waals surface area contributed by atoms with Crippen LogP contribution >= 0.6 is 11.6 Å². The lowest BCUT2D eigenvalue weighted by molar-refractivity contribution is -0.137. The van der Waals surface area contributed by atoms with Gasteiger partial charge >= 0.3 is 6.18 Å². The van der Waals surface area contributed by atoms with Gasteiger partial charge in [0.25, 0.3) is 0 Å². The van der Waals surface area contributed by atoms with Crippen LogP contribution in [0.1, 0.15) is 11.1 Å². The van der Waals surface area contributed by atoms with Crippen LogP contribution in [0.4, 0.5) is 13.2 Å². The van der Waals surface area contributed by atoms with Gasteiger partial charge in [0.1, 0.15) is 0 Å². The Morgan fingerprint density at radius 1 is 1.33 bits per heavy atom. The van der Waals surface area contributed by atoms with Gasteiger partial charge in [0.2, 0.25) is 0 Å². The number of rotatable bonds is 2. The van der Waals surface area contributed by atoms with Gasteiger partial charge in [-0.1, -0.05) is 35.9 Å². The van der Waals surface area contributed by atoms with E-state index in [-0.39, 0.29) is 17.2 Å². The maximum absolute atomic E-state index is 12.4. The first kappa shape index (κ1) is 12.1. The number of halogens is 4. The standard InChI is InChI=1S/C10H8ClF3O/c11-9-7(4-2-6-15)3-1-5-8(9)10(12,13)14/h1-5,15H,6H2. The fourth-order valence-electron chi connectivity index (χ4n) is 1.08. The quantitative estimate of drug-likeness (QED) is 0.835. The van der Waals surface area contributed by atoms with Crippen molar-refractivity contribution in [3.63, 3.8) is 0 Å². The fourth-order valence-corrected chi connectivity index (χ4v) is 1.37. The highest BCUT2D eigenvalue weighted by atomic mass is 35.5. The van der Waals surface area contributed by atoms with E-state index in [1.54, 1.807) is 0 Å². The maximum atomic E-state index is 12.4. The Bertz CT molecular complexity index is 371. The highest BCUT2D eigenvalue weighted by Crippen LogP contribution is 2.36. The second-order valence-electron chi connectivity index (χ2n) is 2.79. The lowest BCUT2D eigenvalue weighted by atomic mass is 10.1. The lowest BCUT2D eigenvalue weighted by Gasteiger charge is -2.10. The van der Waals surface area contributed by atoms with E-state index in [9.17, 15) is 13.2 Å². The highest BCUT2D eigenvalue weighted by molar-refractivity contribution is 6.32. The Labute approximate surface area is 89.8 Å². The van der Waals surface area contributed by atoms with Crippen molar-refractivity contribution in [1.29, 1.82) is 0 Å². The van der Waals surface area contributed by atoms with Gasteiger partial charge in [-0.25, -0.2) is 0 Å². The Morgan fingerprint density at radius 2 is 2.00 bits per heavy atom. The summed E-state index contributed by atoms with van der Waals surface area (Å²) in [4.78, 5) is 0. The van der Waals surface area contributed by atoms with Gasteiger partial charge in [-0.15, -0.1) is 0 Å².